The van der Waals surface area contributed by atoms with E-state index in [9.17, 15) is 4.79 Å². The Morgan fingerprint density at radius 2 is 2.00 bits per heavy atom. The van der Waals surface area contributed by atoms with E-state index < -0.39 is 0 Å². The van der Waals surface area contributed by atoms with Gasteiger partial charge in [0.15, 0.2) is 6.29 Å². The van der Waals surface area contributed by atoms with Crippen molar-refractivity contribution in [3.63, 3.8) is 0 Å². The van der Waals surface area contributed by atoms with Crippen LogP contribution in [-0.4, -0.2) is 6.29 Å². The van der Waals surface area contributed by atoms with Crippen molar-refractivity contribution in [2.75, 3.05) is 0 Å². The van der Waals surface area contributed by atoms with E-state index >= 15 is 0 Å². The van der Waals surface area contributed by atoms with Crippen LogP contribution in [0.5, 0.6) is 0 Å². The number of halogens is 2. The van der Waals surface area contributed by atoms with Crippen molar-refractivity contribution in [2.45, 2.75) is 0 Å². The molecule has 0 fully saturated rings. The summed E-state index contributed by atoms with van der Waals surface area (Å²) >= 11 is 6.17. The molecule has 4 heteroatoms. The van der Waals surface area contributed by atoms with Crippen molar-refractivity contribution in [1.82, 2.24) is 0 Å². The highest BCUT2D eigenvalue weighted by molar-refractivity contribution is 14.1. The molecule has 2 aromatic rings. The zero-order chi connectivity index (χ0) is 9.42. The predicted octanol–water partition coefficient (Wildman–Crippen LogP) is 3.92. The first-order valence-electron chi connectivity index (χ1n) is 3.54. The van der Waals surface area contributed by atoms with Gasteiger partial charge in [-0.2, -0.15) is 0 Å². The Hall–Kier alpha value is 0.310. The second-order valence-corrected chi connectivity index (χ2v) is 6.77. The maximum Gasteiger partial charge on any atom is 0.151 e. The third-order valence-corrected chi connectivity index (χ3v) is 4.29. The average molecular weight is 414 g/mol. The number of aldehydes is 1. The van der Waals surface area contributed by atoms with Gasteiger partial charge in [-0.15, -0.1) is 11.3 Å². The third-order valence-electron chi connectivity index (χ3n) is 1.71. The normalized spacial score (nSPS) is 10.6. The largest absolute Gasteiger partial charge is 0.298 e. The van der Waals surface area contributed by atoms with E-state index in [1.807, 2.05) is 6.07 Å². The Morgan fingerprint density at radius 1 is 1.23 bits per heavy atom. The van der Waals surface area contributed by atoms with E-state index in [2.05, 4.69) is 57.3 Å². The summed E-state index contributed by atoms with van der Waals surface area (Å²) in [6.07, 6.45) is 0.928. The fraction of sp³-hybridized carbons (Fsp3) is 0. The van der Waals surface area contributed by atoms with Crippen LogP contribution in [0.2, 0.25) is 0 Å². The van der Waals surface area contributed by atoms with Crippen LogP contribution in [0.1, 0.15) is 10.4 Å². The second kappa shape index (κ2) is 3.82. The standard InChI is InChI=1S/C9H4I2OS/c10-7-1-5-3-8(11)13-9(5)6(2-7)4-12/h1-4H. The number of carbonyl (C=O) groups excluding carboxylic acids is 1. The smallest absolute Gasteiger partial charge is 0.151 e. The highest BCUT2D eigenvalue weighted by Crippen LogP contribution is 2.30. The SMILES string of the molecule is O=Cc1cc(I)cc2cc(I)sc12. The molecule has 1 aromatic heterocycles. The average Bonchev–Trinajstić information content (AvgIpc) is 2.43. The van der Waals surface area contributed by atoms with Crippen LogP contribution in [0.4, 0.5) is 0 Å². The Kier molecular flexibility index (Phi) is 2.89. The van der Waals surface area contributed by atoms with E-state index in [1.165, 1.54) is 8.27 Å². The van der Waals surface area contributed by atoms with Crippen LogP contribution >= 0.6 is 56.5 Å². The molecular weight excluding hydrogens is 410 g/mol. The molecule has 1 aromatic carbocycles. The van der Waals surface area contributed by atoms with E-state index in [-0.39, 0.29) is 0 Å². The fourth-order valence-electron chi connectivity index (χ4n) is 1.20. The number of thiophene rings is 1. The number of hydrogen-bond acceptors (Lipinski definition) is 2. The van der Waals surface area contributed by atoms with Crippen molar-refractivity contribution in [3.05, 3.63) is 30.2 Å². The number of benzene rings is 1. The summed E-state index contributed by atoms with van der Waals surface area (Å²) in [6.45, 7) is 0. The quantitative estimate of drug-likeness (QED) is 0.511. The minimum atomic E-state index is 0.801. The van der Waals surface area contributed by atoms with Gasteiger partial charge in [-0.25, -0.2) is 0 Å². The van der Waals surface area contributed by atoms with Gasteiger partial charge in [-0.3, -0.25) is 4.79 Å². The van der Waals surface area contributed by atoms with Crippen LogP contribution < -0.4 is 0 Å². The maximum absolute atomic E-state index is 10.8. The molecule has 0 amide bonds. The maximum atomic E-state index is 10.8. The molecule has 66 valence electrons. The molecule has 13 heavy (non-hydrogen) atoms. The summed E-state index contributed by atoms with van der Waals surface area (Å²) < 4.78 is 3.43. The molecule has 0 atom stereocenters. The van der Waals surface area contributed by atoms with Crippen LogP contribution in [-0.2, 0) is 0 Å². The first-order chi connectivity index (χ1) is 6.20. The lowest BCUT2D eigenvalue weighted by molar-refractivity contribution is 0.112. The van der Waals surface area contributed by atoms with Gasteiger partial charge < -0.3 is 0 Å². The zero-order valence-corrected chi connectivity index (χ0v) is 11.5. The highest BCUT2D eigenvalue weighted by Gasteiger charge is 2.05. The summed E-state index contributed by atoms with van der Waals surface area (Å²) in [5.74, 6) is 0. The van der Waals surface area contributed by atoms with Crippen molar-refractivity contribution in [2.24, 2.45) is 0 Å². The molecule has 0 aliphatic rings. The summed E-state index contributed by atoms with van der Waals surface area (Å²) in [6, 6.07) is 6.12. The fourth-order valence-corrected chi connectivity index (χ4v) is 3.71. The lowest BCUT2D eigenvalue weighted by Crippen LogP contribution is -1.80. The van der Waals surface area contributed by atoms with Crippen LogP contribution in [0.3, 0.4) is 0 Å². The van der Waals surface area contributed by atoms with Gasteiger partial charge in [0.1, 0.15) is 0 Å². The van der Waals surface area contributed by atoms with E-state index in [1.54, 1.807) is 11.3 Å². The lowest BCUT2D eigenvalue weighted by atomic mass is 10.2. The lowest BCUT2D eigenvalue weighted by Gasteiger charge is -1.95. The Bertz CT molecular complexity index is 476. The van der Waals surface area contributed by atoms with Gasteiger partial charge in [-0.05, 0) is 68.8 Å². The Morgan fingerprint density at radius 3 is 2.69 bits per heavy atom. The molecule has 0 bridgehead atoms. The van der Waals surface area contributed by atoms with E-state index in [0.29, 0.717) is 0 Å². The van der Waals surface area contributed by atoms with Gasteiger partial charge >= 0.3 is 0 Å². The molecule has 0 N–H and O–H groups in total. The molecule has 0 aliphatic heterocycles. The van der Waals surface area contributed by atoms with E-state index in [4.69, 9.17) is 0 Å². The molecule has 0 unspecified atom stereocenters. The first kappa shape index (κ1) is 9.85. The van der Waals surface area contributed by atoms with Crippen molar-refractivity contribution >= 4 is 72.9 Å². The number of hydrogen-bond donors (Lipinski definition) is 0. The molecule has 0 radical (unpaired) electrons. The van der Waals surface area contributed by atoms with Gasteiger partial charge in [0, 0.05) is 13.8 Å². The molecule has 1 heterocycles. The highest BCUT2D eigenvalue weighted by atomic mass is 127. The van der Waals surface area contributed by atoms with Gasteiger partial charge in [0.05, 0.1) is 2.88 Å². The van der Waals surface area contributed by atoms with Crippen molar-refractivity contribution < 1.29 is 4.79 Å². The number of carbonyl (C=O) groups is 1. The molecule has 0 spiro atoms. The second-order valence-electron chi connectivity index (χ2n) is 2.58. The minimum absolute atomic E-state index is 0.801. The summed E-state index contributed by atoms with van der Waals surface area (Å²) in [5, 5.41) is 1.17. The summed E-state index contributed by atoms with van der Waals surface area (Å²) in [7, 11) is 0. The molecule has 0 saturated heterocycles. The predicted molar refractivity (Wildman–Crippen MR) is 72.6 cm³/mol. The third kappa shape index (κ3) is 1.89. The molecular formula is C9H4I2OS. The van der Waals surface area contributed by atoms with Crippen molar-refractivity contribution in [1.29, 1.82) is 0 Å². The topological polar surface area (TPSA) is 17.1 Å². The van der Waals surface area contributed by atoms with Crippen LogP contribution in [0, 0.1) is 6.45 Å². The summed E-state index contributed by atoms with van der Waals surface area (Å²) in [4.78, 5) is 10.8. The number of fused-ring (bicyclic) bond motifs is 1. The molecule has 2 rings (SSSR count). The Balaban J connectivity index is 2.88. The van der Waals surface area contributed by atoms with Crippen LogP contribution in [0.15, 0.2) is 18.2 Å². The molecule has 0 aliphatic carbocycles. The first-order valence-corrected chi connectivity index (χ1v) is 6.52. The van der Waals surface area contributed by atoms with Gasteiger partial charge in [-0.1, -0.05) is 0 Å². The summed E-state index contributed by atoms with van der Waals surface area (Å²) in [5.41, 5.74) is 0.801. The molecule has 1 nitrogen and oxygen atoms in total. The number of rotatable bonds is 1. The monoisotopic (exact) mass is 414 g/mol. The van der Waals surface area contributed by atoms with Crippen molar-refractivity contribution in [3.8, 4) is 0 Å². The minimum Gasteiger partial charge on any atom is -0.298 e. The van der Waals surface area contributed by atoms with Gasteiger partial charge in [0.25, 0.3) is 0 Å². The van der Waals surface area contributed by atoms with Crippen LogP contribution in [0.25, 0.3) is 10.1 Å². The Labute approximate surface area is 107 Å². The zero-order valence-electron chi connectivity index (χ0n) is 6.38. The van der Waals surface area contributed by atoms with E-state index in [0.717, 1.165) is 20.1 Å². The molecule has 0 saturated carbocycles. The van der Waals surface area contributed by atoms with Gasteiger partial charge in [0.2, 0.25) is 0 Å².